The summed E-state index contributed by atoms with van der Waals surface area (Å²) in [5, 5.41) is 8.54. The molecule has 2 N–H and O–H groups in total. The van der Waals surface area contributed by atoms with Crippen LogP contribution in [0.2, 0.25) is 0 Å². The van der Waals surface area contributed by atoms with Crippen LogP contribution in [-0.2, 0) is 0 Å². The molecule has 0 atom stereocenters. The summed E-state index contributed by atoms with van der Waals surface area (Å²) in [6.07, 6.45) is 7.12. The van der Waals surface area contributed by atoms with Gasteiger partial charge in [-0.2, -0.15) is 10.2 Å². The van der Waals surface area contributed by atoms with Crippen molar-refractivity contribution >= 4 is 11.4 Å². The Morgan fingerprint density at radius 2 is 1.95 bits per heavy atom. The highest BCUT2D eigenvalue weighted by Gasteiger charge is 2.03. The molecule has 21 heavy (non-hydrogen) atoms. The predicted molar refractivity (Wildman–Crippen MR) is 87.8 cm³/mol. The Hall–Kier alpha value is -2.14. The molecule has 2 rings (SSSR count). The summed E-state index contributed by atoms with van der Waals surface area (Å²) >= 11 is 0. The van der Waals surface area contributed by atoms with Crippen molar-refractivity contribution in [3.8, 4) is 0 Å². The molecule has 1 aliphatic heterocycles. The van der Waals surface area contributed by atoms with Crippen LogP contribution in [0.3, 0.4) is 0 Å². The van der Waals surface area contributed by atoms with Crippen molar-refractivity contribution in [3.05, 3.63) is 48.3 Å². The third kappa shape index (κ3) is 4.72. The van der Waals surface area contributed by atoms with Crippen molar-refractivity contribution in [2.24, 2.45) is 16.0 Å². The molecule has 1 aromatic rings. The fraction of sp³-hybridized carbons (Fsp3) is 0.375. The monoisotopic (exact) mass is 285 g/mol. The van der Waals surface area contributed by atoms with Gasteiger partial charge < -0.3 is 15.5 Å². The molecule has 0 spiro atoms. The second-order valence-electron chi connectivity index (χ2n) is 5.19. The summed E-state index contributed by atoms with van der Waals surface area (Å²) in [4.78, 5) is 4.28. The zero-order valence-electron chi connectivity index (χ0n) is 12.7. The molecule has 0 amide bonds. The van der Waals surface area contributed by atoms with E-state index in [4.69, 9.17) is 5.73 Å². The summed E-state index contributed by atoms with van der Waals surface area (Å²) in [5.74, 6) is 0. The first-order valence-corrected chi connectivity index (χ1v) is 7.20. The van der Waals surface area contributed by atoms with E-state index in [-0.39, 0.29) is 0 Å². The number of anilines is 1. The number of rotatable bonds is 6. The van der Waals surface area contributed by atoms with E-state index in [1.165, 1.54) is 0 Å². The number of hydrogen-bond acceptors (Lipinski definition) is 5. The molecule has 0 radical (unpaired) electrons. The van der Waals surface area contributed by atoms with Crippen LogP contribution >= 0.6 is 0 Å². The van der Waals surface area contributed by atoms with E-state index < -0.39 is 0 Å². The smallest absolute Gasteiger partial charge is 0.0858 e. The van der Waals surface area contributed by atoms with Crippen molar-refractivity contribution in [2.45, 2.75) is 6.42 Å². The Labute approximate surface area is 126 Å². The number of hydrogen-bond donors (Lipinski definition) is 1. The normalized spacial score (nSPS) is 14.6. The van der Waals surface area contributed by atoms with E-state index >= 15 is 0 Å². The van der Waals surface area contributed by atoms with E-state index in [9.17, 15) is 0 Å². The van der Waals surface area contributed by atoms with Crippen LogP contribution in [0, 0.1) is 0 Å². The van der Waals surface area contributed by atoms with Crippen LogP contribution in [0.5, 0.6) is 0 Å². The van der Waals surface area contributed by atoms with Gasteiger partial charge in [0.1, 0.15) is 0 Å². The highest BCUT2D eigenvalue weighted by molar-refractivity contribution is 5.51. The van der Waals surface area contributed by atoms with Gasteiger partial charge in [0.05, 0.1) is 11.4 Å². The Bertz CT molecular complexity index is 528. The van der Waals surface area contributed by atoms with Gasteiger partial charge in [0.15, 0.2) is 0 Å². The topological polar surface area (TPSA) is 57.2 Å². The second kappa shape index (κ2) is 7.59. The number of benzene rings is 1. The minimum atomic E-state index is 0.726. The van der Waals surface area contributed by atoms with Crippen molar-refractivity contribution in [1.29, 1.82) is 0 Å². The van der Waals surface area contributed by atoms with E-state index in [0.29, 0.717) is 0 Å². The molecule has 5 heteroatoms. The van der Waals surface area contributed by atoms with Crippen molar-refractivity contribution in [1.82, 2.24) is 4.90 Å². The first-order valence-electron chi connectivity index (χ1n) is 7.20. The highest BCUT2D eigenvalue weighted by Crippen LogP contribution is 2.20. The number of azo groups is 1. The van der Waals surface area contributed by atoms with E-state index in [1.807, 2.05) is 44.4 Å². The van der Waals surface area contributed by atoms with Crippen LogP contribution in [-0.4, -0.2) is 38.6 Å². The Morgan fingerprint density at radius 1 is 1.19 bits per heavy atom. The minimum Gasteiger partial charge on any atom is -0.378 e. The van der Waals surface area contributed by atoms with Crippen LogP contribution in [0.4, 0.5) is 11.4 Å². The van der Waals surface area contributed by atoms with Gasteiger partial charge in [-0.1, -0.05) is 0 Å². The maximum absolute atomic E-state index is 5.51. The largest absolute Gasteiger partial charge is 0.378 e. The maximum Gasteiger partial charge on any atom is 0.0858 e. The van der Waals surface area contributed by atoms with E-state index in [0.717, 1.165) is 43.1 Å². The summed E-state index contributed by atoms with van der Waals surface area (Å²) in [7, 11) is 4.04. The Balaban J connectivity index is 1.90. The quantitative estimate of drug-likeness (QED) is 0.818. The highest BCUT2D eigenvalue weighted by atomic mass is 15.1. The van der Waals surface area contributed by atoms with Crippen molar-refractivity contribution in [3.63, 3.8) is 0 Å². The molecule has 5 nitrogen and oxygen atoms in total. The first kappa shape index (κ1) is 15.3. The van der Waals surface area contributed by atoms with Gasteiger partial charge >= 0.3 is 0 Å². The fourth-order valence-electron chi connectivity index (χ4n) is 1.99. The van der Waals surface area contributed by atoms with Gasteiger partial charge in [-0.25, -0.2) is 0 Å². The molecule has 112 valence electrons. The molecule has 1 aromatic carbocycles. The van der Waals surface area contributed by atoms with E-state index in [1.54, 1.807) is 0 Å². The first-order chi connectivity index (χ1) is 10.2. The van der Waals surface area contributed by atoms with Gasteiger partial charge in [0, 0.05) is 39.1 Å². The van der Waals surface area contributed by atoms with Crippen LogP contribution < -0.4 is 10.6 Å². The van der Waals surface area contributed by atoms with Gasteiger partial charge in [-0.05, 0) is 49.4 Å². The van der Waals surface area contributed by atoms with Gasteiger partial charge in [-0.15, -0.1) is 0 Å². The summed E-state index contributed by atoms with van der Waals surface area (Å²) in [5.41, 5.74) is 8.43. The van der Waals surface area contributed by atoms with Crippen LogP contribution in [0.15, 0.2) is 58.5 Å². The molecule has 0 fully saturated rings. The van der Waals surface area contributed by atoms with Crippen LogP contribution in [0.1, 0.15) is 6.42 Å². The molecule has 1 heterocycles. The van der Waals surface area contributed by atoms with Crippen molar-refractivity contribution < 1.29 is 0 Å². The number of nitrogens with zero attached hydrogens (tertiary/aromatic N) is 4. The zero-order chi connectivity index (χ0) is 15.1. The zero-order valence-corrected chi connectivity index (χ0v) is 12.7. The second-order valence-corrected chi connectivity index (χ2v) is 5.19. The average Bonchev–Trinajstić information content (AvgIpc) is 2.52. The standard InChI is InChI=1S/C16H23N5/c1-20(2)16-6-4-14(5-7-16)18-19-15-8-12-21(13-9-15)11-3-10-17/h4-9,12H,3,10-11,13,17H2,1-2H3. The summed E-state index contributed by atoms with van der Waals surface area (Å²) in [6.45, 7) is 2.58. The van der Waals surface area contributed by atoms with Gasteiger partial charge in [0.2, 0.25) is 0 Å². The summed E-state index contributed by atoms with van der Waals surface area (Å²) in [6, 6.07) is 8.01. The SMILES string of the molecule is CN(C)c1ccc(N=NC2=CCN(CCCN)C=C2)cc1. The van der Waals surface area contributed by atoms with E-state index in [2.05, 4.69) is 32.3 Å². The maximum atomic E-state index is 5.51. The van der Waals surface area contributed by atoms with Crippen LogP contribution in [0.25, 0.3) is 0 Å². The molecule has 0 bridgehead atoms. The lowest BCUT2D eigenvalue weighted by atomic mass is 10.2. The Morgan fingerprint density at radius 3 is 2.52 bits per heavy atom. The van der Waals surface area contributed by atoms with Crippen molar-refractivity contribution in [2.75, 3.05) is 38.6 Å². The van der Waals surface area contributed by atoms with Gasteiger partial charge in [0.25, 0.3) is 0 Å². The molecular formula is C16H23N5. The lowest BCUT2D eigenvalue weighted by molar-refractivity contribution is 0.404. The minimum absolute atomic E-state index is 0.726. The fourth-order valence-corrected chi connectivity index (χ4v) is 1.99. The van der Waals surface area contributed by atoms with Gasteiger partial charge in [-0.3, -0.25) is 0 Å². The lowest BCUT2D eigenvalue weighted by Crippen LogP contribution is -2.22. The number of nitrogens with two attached hydrogens (primary N) is 1. The molecule has 0 aliphatic carbocycles. The third-order valence-electron chi connectivity index (χ3n) is 3.29. The molecular weight excluding hydrogens is 262 g/mol. The molecule has 0 saturated carbocycles. The molecule has 0 saturated heterocycles. The molecule has 0 aromatic heterocycles. The molecule has 0 unspecified atom stereocenters. The summed E-state index contributed by atoms with van der Waals surface area (Å²) < 4.78 is 0. The predicted octanol–water partition coefficient (Wildman–Crippen LogP) is 2.90. The lowest BCUT2D eigenvalue weighted by Gasteiger charge is -2.20. The third-order valence-corrected chi connectivity index (χ3v) is 3.29. The Kier molecular flexibility index (Phi) is 5.51. The molecule has 1 aliphatic rings. The average molecular weight is 285 g/mol. The number of allylic oxidation sites excluding steroid dienone is 1.